The van der Waals surface area contributed by atoms with Gasteiger partial charge in [0.15, 0.2) is 5.75 Å². The van der Waals surface area contributed by atoms with E-state index < -0.39 is 0 Å². The quantitative estimate of drug-likeness (QED) is 0.577. The molecule has 0 fully saturated rings. The molecule has 0 aromatic heterocycles. The molecule has 1 nitrogen and oxygen atoms in total. The summed E-state index contributed by atoms with van der Waals surface area (Å²) in [7, 11) is 0. The van der Waals surface area contributed by atoms with Crippen LogP contribution in [0.4, 0.5) is 0 Å². The highest BCUT2D eigenvalue weighted by Gasteiger charge is 2.04. The average Bonchev–Trinajstić information content (AvgIpc) is 2.02. The lowest BCUT2D eigenvalue weighted by Gasteiger charge is -2.03. The van der Waals surface area contributed by atoms with E-state index >= 15 is 0 Å². The zero-order valence-corrected chi connectivity index (χ0v) is 7.79. The molecule has 0 aliphatic carbocycles. The number of benzene rings is 2. The molecule has 13 heavy (non-hydrogen) atoms. The lowest BCUT2D eigenvalue weighted by Crippen LogP contribution is -1.80. The molecule has 0 saturated carbocycles. The molecule has 0 spiro atoms. The number of rotatable bonds is 0. The molecule has 2 aromatic carbocycles. The van der Waals surface area contributed by atoms with Gasteiger partial charge in [-0.1, -0.05) is 24.3 Å². The van der Waals surface area contributed by atoms with Crippen molar-refractivity contribution in [1.82, 2.24) is 0 Å². The monoisotopic (exact) mass is 171 g/mol. The van der Waals surface area contributed by atoms with Crippen LogP contribution in [0, 0.1) is 13.8 Å². The van der Waals surface area contributed by atoms with Crippen molar-refractivity contribution in [1.29, 1.82) is 0 Å². The van der Waals surface area contributed by atoms with E-state index in [4.69, 9.17) is 0 Å². The third-order valence-corrected chi connectivity index (χ3v) is 2.29. The van der Waals surface area contributed by atoms with E-state index in [2.05, 4.69) is 0 Å². The van der Waals surface area contributed by atoms with Crippen molar-refractivity contribution >= 4 is 10.8 Å². The SMILES string of the molecule is Cc1cc([O])c2c(C)cccc2c1. The van der Waals surface area contributed by atoms with Gasteiger partial charge in [0.25, 0.3) is 0 Å². The summed E-state index contributed by atoms with van der Waals surface area (Å²) in [5.41, 5.74) is 2.09. The van der Waals surface area contributed by atoms with Crippen LogP contribution in [-0.2, 0) is 5.11 Å². The number of fused-ring (bicyclic) bond motifs is 1. The molecule has 1 radical (unpaired) electrons. The zero-order chi connectivity index (χ0) is 9.42. The van der Waals surface area contributed by atoms with Gasteiger partial charge in [0, 0.05) is 5.39 Å². The molecule has 0 aliphatic rings. The highest BCUT2D eigenvalue weighted by molar-refractivity contribution is 5.91. The van der Waals surface area contributed by atoms with Crippen molar-refractivity contribution in [2.24, 2.45) is 0 Å². The predicted octanol–water partition coefficient (Wildman–Crippen LogP) is 3.60. The Balaban J connectivity index is 2.94. The van der Waals surface area contributed by atoms with Gasteiger partial charge in [0.05, 0.1) is 0 Å². The van der Waals surface area contributed by atoms with Crippen LogP contribution in [0.3, 0.4) is 0 Å². The van der Waals surface area contributed by atoms with E-state index in [1.807, 2.05) is 38.1 Å². The highest BCUT2D eigenvalue weighted by Crippen LogP contribution is 2.29. The maximum Gasteiger partial charge on any atom is 0.186 e. The molecule has 0 unspecified atom stereocenters. The van der Waals surface area contributed by atoms with Crippen molar-refractivity contribution < 1.29 is 5.11 Å². The Morgan fingerprint density at radius 3 is 2.62 bits per heavy atom. The van der Waals surface area contributed by atoms with Crippen molar-refractivity contribution in [3.63, 3.8) is 0 Å². The number of hydrogen-bond acceptors (Lipinski definition) is 0. The van der Waals surface area contributed by atoms with Crippen molar-refractivity contribution in [3.8, 4) is 5.75 Å². The average molecular weight is 171 g/mol. The van der Waals surface area contributed by atoms with Gasteiger partial charge < -0.3 is 0 Å². The summed E-state index contributed by atoms with van der Waals surface area (Å²) in [5, 5.41) is 13.5. The Hall–Kier alpha value is -1.50. The molecular weight excluding hydrogens is 160 g/mol. The van der Waals surface area contributed by atoms with Crippen LogP contribution in [0.15, 0.2) is 30.3 Å². The van der Waals surface area contributed by atoms with Crippen LogP contribution in [0.2, 0.25) is 0 Å². The fraction of sp³-hybridized carbons (Fsp3) is 0.167. The van der Waals surface area contributed by atoms with Crippen molar-refractivity contribution in [2.75, 3.05) is 0 Å². The summed E-state index contributed by atoms with van der Waals surface area (Å²) in [6, 6.07) is 9.67. The normalized spacial score (nSPS) is 10.6. The van der Waals surface area contributed by atoms with Gasteiger partial charge in [-0.3, -0.25) is 5.11 Å². The minimum absolute atomic E-state index is 0.133. The fourth-order valence-corrected chi connectivity index (χ4v) is 1.71. The molecule has 2 aromatic rings. The first-order valence-electron chi connectivity index (χ1n) is 4.35. The van der Waals surface area contributed by atoms with E-state index in [9.17, 15) is 5.11 Å². The summed E-state index contributed by atoms with van der Waals surface area (Å²) < 4.78 is 0. The third kappa shape index (κ3) is 1.26. The smallest absolute Gasteiger partial charge is 0.186 e. The van der Waals surface area contributed by atoms with Crippen LogP contribution in [0.5, 0.6) is 5.75 Å². The molecule has 0 amide bonds. The summed E-state index contributed by atoms with van der Waals surface area (Å²) in [6.07, 6.45) is 0. The Bertz CT molecular complexity index is 458. The summed E-state index contributed by atoms with van der Waals surface area (Å²) in [5.74, 6) is 0.133. The molecule has 0 atom stereocenters. The minimum atomic E-state index is 0.133. The van der Waals surface area contributed by atoms with Crippen molar-refractivity contribution in [2.45, 2.75) is 13.8 Å². The van der Waals surface area contributed by atoms with E-state index in [0.29, 0.717) is 0 Å². The molecule has 1 heteroatoms. The van der Waals surface area contributed by atoms with Crippen LogP contribution >= 0.6 is 0 Å². The number of aryl methyl sites for hydroxylation is 2. The van der Waals surface area contributed by atoms with Gasteiger partial charge in [-0.2, -0.15) is 0 Å². The zero-order valence-electron chi connectivity index (χ0n) is 7.79. The van der Waals surface area contributed by atoms with Crippen molar-refractivity contribution in [3.05, 3.63) is 41.5 Å². The molecule has 65 valence electrons. The lowest BCUT2D eigenvalue weighted by molar-refractivity contribution is 0.360. The standard InChI is InChI=1S/C12H11O/c1-8-6-10-5-3-4-9(2)12(10)11(13)7-8/h3-7H,1-2H3. The maximum absolute atomic E-state index is 11.6. The maximum atomic E-state index is 11.6. The van der Waals surface area contributed by atoms with Crippen LogP contribution in [-0.4, -0.2) is 0 Å². The highest BCUT2D eigenvalue weighted by atomic mass is 16.3. The summed E-state index contributed by atoms with van der Waals surface area (Å²) in [6.45, 7) is 3.92. The van der Waals surface area contributed by atoms with E-state index in [1.54, 1.807) is 6.07 Å². The Kier molecular flexibility index (Phi) is 1.73. The predicted molar refractivity (Wildman–Crippen MR) is 53.6 cm³/mol. The van der Waals surface area contributed by atoms with E-state index in [1.165, 1.54) is 0 Å². The van der Waals surface area contributed by atoms with Gasteiger partial charge in [0.2, 0.25) is 0 Å². The molecule has 0 N–H and O–H groups in total. The lowest BCUT2D eigenvalue weighted by atomic mass is 10.0. The molecule has 0 heterocycles. The molecule has 0 saturated heterocycles. The molecule has 0 aliphatic heterocycles. The van der Waals surface area contributed by atoms with Crippen LogP contribution in [0.25, 0.3) is 10.8 Å². The first kappa shape index (κ1) is 8.11. The Morgan fingerprint density at radius 2 is 1.85 bits per heavy atom. The van der Waals surface area contributed by atoms with Crippen LogP contribution < -0.4 is 0 Å². The van der Waals surface area contributed by atoms with Gasteiger partial charge >= 0.3 is 0 Å². The minimum Gasteiger partial charge on any atom is -0.289 e. The van der Waals surface area contributed by atoms with E-state index in [-0.39, 0.29) is 5.75 Å². The largest absolute Gasteiger partial charge is 0.289 e. The van der Waals surface area contributed by atoms with Crippen LogP contribution in [0.1, 0.15) is 11.1 Å². The van der Waals surface area contributed by atoms with Gasteiger partial charge in [-0.05, 0) is 36.4 Å². The topological polar surface area (TPSA) is 19.9 Å². The second kappa shape index (κ2) is 2.77. The van der Waals surface area contributed by atoms with Gasteiger partial charge in [0.1, 0.15) is 0 Å². The first-order chi connectivity index (χ1) is 6.18. The second-order valence-electron chi connectivity index (χ2n) is 3.44. The second-order valence-corrected chi connectivity index (χ2v) is 3.44. The Labute approximate surface area is 77.6 Å². The van der Waals surface area contributed by atoms with E-state index in [0.717, 1.165) is 21.9 Å². The van der Waals surface area contributed by atoms with Gasteiger partial charge in [-0.15, -0.1) is 0 Å². The fourth-order valence-electron chi connectivity index (χ4n) is 1.71. The first-order valence-corrected chi connectivity index (χ1v) is 4.35. The van der Waals surface area contributed by atoms with Gasteiger partial charge in [-0.25, -0.2) is 0 Å². The molecule has 2 rings (SSSR count). The molecule has 0 bridgehead atoms. The summed E-state index contributed by atoms with van der Waals surface area (Å²) >= 11 is 0. The Morgan fingerprint density at radius 1 is 1.08 bits per heavy atom. The number of hydrogen-bond donors (Lipinski definition) is 0. The summed E-state index contributed by atoms with van der Waals surface area (Å²) in [4.78, 5) is 0. The third-order valence-electron chi connectivity index (χ3n) is 2.29. The molecular formula is C12H11O.